The molecule has 4 rings (SSSR count). The predicted molar refractivity (Wildman–Crippen MR) is 158 cm³/mol. The Morgan fingerprint density at radius 3 is 0.676 bits per heavy atom. The van der Waals surface area contributed by atoms with Gasteiger partial charge in [0.15, 0.2) is 0 Å². The summed E-state index contributed by atoms with van der Waals surface area (Å²) in [6.07, 6.45) is 0. The van der Waals surface area contributed by atoms with E-state index in [9.17, 15) is 0 Å². The molecule has 10 heteroatoms. The maximum atomic E-state index is 4.91. The molecule has 180 valence electrons. The van der Waals surface area contributed by atoms with Gasteiger partial charge in [-0.05, 0) is 23.8 Å². The van der Waals surface area contributed by atoms with Crippen molar-refractivity contribution in [1.82, 2.24) is 0 Å². The van der Waals surface area contributed by atoms with Crippen LogP contribution in [0.15, 0.2) is 127 Å². The van der Waals surface area contributed by atoms with Crippen molar-refractivity contribution in [1.29, 1.82) is 0 Å². The summed E-state index contributed by atoms with van der Waals surface area (Å²) in [6.45, 7) is -2.93. The minimum absolute atomic E-state index is 0. The first-order chi connectivity index (χ1) is 15.9. The number of benzene rings is 4. The zero-order valence-electron chi connectivity index (χ0n) is 17.7. The second-order valence-electron chi connectivity index (χ2n) is 5.93. The van der Waals surface area contributed by atoms with Crippen molar-refractivity contribution in [2.75, 3.05) is 0 Å². The number of hydrogen-bond donors (Lipinski definition) is 0. The molecule has 0 unspecified atom stereocenters. The summed E-state index contributed by atoms with van der Waals surface area (Å²) < 4.78 is 0. The summed E-state index contributed by atoms with van der Waals surface area (Å²) in [5.74, 6) is 0. The fraction of sp³-hybridized carbons (Fsp3) is 0. The van der Waals surface area contributed by atoms with Crippen LogP contribution in [-0.2, 0) is 19.5 Å². The molecule has 0 nitrogen and oxygen atoms in total. The van der Waals surface area contributed by atoms with E-state index in [0.29, 0.717) is 0 Å². The van der Waals surface area contributed by atoms with Crippen molar-refractivity contribution in [2.45, 2.75) is 0 Å². The Balaban J connectivity index is 0.000000599. The summed E-state index contributed by atoms with van der Waals surface area (Å²) in [5.41, 5.74) is 0. The molecule has 0 saturated carbocycles. The molecule has 4 aromatic rings. The third kappa shape index (κ3) is 17.5. The summed E-state index contributed by atoms with van der Waals surface area (Å²) in [6, 6.07) is 44.3. The van der Waals surface area contributed by atoms with E-state index in [1.54, 1.807) is 0 Å². The maximum Gasteiger partial charge on any atom is 0.376 e. The SMILES string of the molecule is Cl[Si](Cl)Cl.Cl[Si](Cl)Cl.[Ru].c1ccc(P(c2ccccc2)c2ccccc2)cc1.c1ccccc1. The molecule has 0 heterocycles. The fourth-order valence-electron chi connectivity index (χ4n) is 2.56. The third-order valence-corrected chi connectivity index (χ3v) is 6.15. The molecule has 0 aliphatic rings. The molecular weight excluding hydrogens is 689 g/mol. The van der Waals surface area contributed by atoms with E-state index in [1.807, 2.05) is 36.4 Å². The summed E-state index contributed by atoms with van der Waals surface area (Å²) in [4.78, 5) is 0. The maximum absolute atomic E-state index is 4.91. The normalized spacial score (nSPS) is 9.44. The predicted octanol–water partition coefficient (Wildman–Crippen LogP) is 8.50. The van der Waals surface area contributed by atoms with Crippen molar-refractivity contribution >= 4 is 104 Å². The van der Waals surface area contributed by atoms with Crippen LogP contribution in [0.5, 0.6) is 0 Å². The van der Waals surface area contributed by atoms with Gasteiger partial charge in [-0.3, -0.25) is 0 Å². The molecule has 0 atom stereocenters. The van der Waals surface area contributed by atoms with Crippen LogP contribution in [0, 0.1) is 0 Å². The molecule has 4 aromatic carbocycles. The molecular formula is C24H21Cl6PRuSi2. The van der Waals surface area contributed by atoms with Crippen molar-refractivity contribution in [2.24, 2.45) is 0 Å². The molecule has 0 N–H and O–H groups in total. The minimum Gasteiger partial charge on any atom is -0.125 e. The quantitative estimate of drug-likeness (QED) is 0.114. The zero-order chi connectivity index (χ0) is 24.3. The van der Waals surface area contributed by atoms with Crippen molar-refractivity contribution in [3.8, 4) is 0 Å². The van der Waals surface area contributed by atoms with Crippen molar-refractivity contribution in [3.63, 3.8) is 0 Å². The largest absolute Gasteiger partial charge is 0.376 e. The molecule has 0 aliphatic heterocycles. The van der Waals surface area contributed by atoms with Gasteiger partial charge in [0.2, 0.25) is 0 Å². The van der Waals surface area contributed by atoms with E-state index in [2.05, 4.69) is 91.0 Å². The van der Waals surface area contributed by atoms with Crippen LogP contribution in [0.2, 0.25) is 0 Å². The molecule has 0 bridgehead atoms. The van der Waals surface area contributed by atoms with E-state index in [0.717, 1.165) is 0 Å². The van der Waals surface area contributed by atoms with E-state index in [-0.39, 0.29) is 19.5 Å². The third-order valence-electron chi connectivity index (χ3n) is 3.71. The van der Waals surface area contributed by atoms with E-state index < -0.39 is 21.4 Å². The van der Waals surface area contributed by atoms with Gasteiger partial charge in [0.25, 0.3) is 0 Å². The summed E-state index contributed by atoms with van der Waals surface area (Å²) in [5, 5.41) is 4.19. The average molecular weight is 710 g/mol. The van der Waals surface area contributed by atoms with Crippen LogP contribution in [0.4, 0.5) is 0 Å². The standard InChI is InChI=1S/C18H15P.C6H6.2Cl3Si.Ru/c1-4-10-16(11-5-1)19(17-12-6-2-7-13-17)18-14-8-3-9-15-18;1-2-4-6-5-3-1;2*1-4(2)3;/h1-15H;1-6H;;;. The first kappa shape index (κ1) is 34.1. The Kier molecular flexibility index (Phi) is 22.4. The Morgan fingerprint density at radius 1 is 0.353 bits per heavy atom. The molecule has 0 spiro atoms. The summed E-state index contributed by atoms with van der Waals surface area (Å²) in [7, 11) is -0.446. The molecule has 34 heavy (non-hydrogen) atoms. The van der Waals surface area contributed by atoms with Crippen LogP contribution in [-0.4, -0.2) is 13.5 Å². The molecule has 0 amide bonds. The van der Waals surface area contributed by atoms with Crippen LogP contribution in [0.1, 0.15) is 0 Å². The second kappa shape index (κ2) is 22.3. The van der Waals surface area contributed by atoms with Crippen LogP contribution in [0.25, 0.3) is 0 Å². The topological polar surface area (TPSA) is 0 Å². The van der Waals surface area contributed by atoms with Gasteiger partial charge in [-0.25, -0.2) is 0 Å². The smallest absolute Gasteiger partial charge is 0.125 e. The summed E-state index contributed by atoms with van der Waals surface area (Å²) >= 11 is 29.4. The van der Waals surface area contributed by atoms with Gasteiger partial charge < -0.3 is 0 Å². The average Bonchev–Trinajstić information content (AvgIpc) is 2.82. The number of hydrogen-bond acceptors (Lipinski definition) is 0. The Labute approximate surface area is 248 Å². The van der Waals surface area contributed by atoms with Gasteiger partial charge in [-0.15, -0.1) is 66.5 Å². The minimum atomic E-state index is -1.46. The Bertz CT molecular complexity index is 824. The van der Waals surface area contributed by atoms with Crippen LogP contribution >= 0.6 is 74.4 Å². The molecule has 0 saturated heterocycles. The number of halogens is 6. The van der Waals surface area contributed by atoms with Crippen molar-refractivity contribution in [3.05, 3.63) is 127 Å². The zero-order valence-corrected chi connectivity index (χ0v) is 26.9. The van der Waals surface area contributed by atoms with E-state index >= 15 is 0 Å². The molecule has 0 fully saturated rings. The van der Waals surface area contributed by atoms with Gasteiger partial charge >= 0.3 is 13.5 Å². The van der Waals surface area contributed by atoms with Gasteiger partial charge in [0, 0.05) is 19.5 Å². The Hall–Kier alpha value is 0.107. The molecule has 0 aliphatic carbocycles. The van der Waals surface area contributed by atoms with Crippen LogP contribution in [0.3, 0.4) is 0 Å². The van der Waals surface area contributed by atoms with Gasteiger partial charge in [0.05, 0.1) is 0 Å². The molecule has 2 radical (unpaired) electrons. The van der Waals surface area contributed by atoms with Crippen molar-refractivity contribution < 1.29 is 19.5 Å². The monoisotopic (exact) mass is 708 g/mol. The van der Waals surface area contributed by atoms with E-state index in [1.165, 1.54) is 15.9 Å². The first-order valence-corrected chi connectivity index (χ1v) is 19.9. The van der Waals surface area contributed by atoms with Crippen LogP contribution < -0.4 is 15.9 Å². The van der Waals surface area contributed by atoms with E-state index in [4.69, 9.17) is 66.5 Å². The second-order valence-corrected chi connectivity index (χ2v) is 19.3. The van der Waals surface area contributed by atoms with Gasteiger partial charge in [-0.1, -0.05) is 127 Å². The van der Waals surface area contributed by atoms with Gasteiger partial charge in [0.1, 0.15) is 0 Å². The van der Waals surface area contributed by atoms with Gasteiger partial charge in [-0.2, -0.15) is 0 Å². The number of rotatable bonds is 3. The first-order valence-electron chi connectivity index (χ1n) is 9.54. The molecule has 0 aromatic heterocycles. The fourth-order valence-corrected chi connectivity index (χ4v) is 4.87. The Morgan fingerprint density at radius 2 is 0.500 bits per heavy atom.